The summed E-state index contributed by atoms with van der Waals surface area (Å²) < 4.78 is 0. The molecule has 0 aliphatic rings. The molecule has 0 saturated carbocycles. The Hall–Kier alpha value is 1.01. The van der Waals surface area contributed by atoms with Gasteiger partial charge in [0.15, 0.2) is 0 Å². The third-order valence-corrected chi connectivity index (χ3v) is 6.45. The summed E-state index contributed by atoms with van der Waals surface area (Å²) in [5.74, 6) is 0. The van der Waals surface area contributed by atoms with Crippen LogP contribution in [0.1, 0.15) is 20.3 Å². The van der Waals surface area contributed by atoms with Crippen molar-refractivity contribution < 1.29 is 0 Å². The maximum Gasteiger partial charge on any atom is 0.365 e. The molecule has 0 rings (SSSR count). The molecular weight excluding hydrogens is 167 g/mol. The van der Waals surface area contributed by atoms with Crippen LogP contribution >= 0.6 is 14.1 Å². The van der Waals surface area contributed by atoms with Gasteiger partial charge in [0.2, 0.25) is 0 Å². The Bertz CT molecular complexity index is 39.1. The molecule has 0 saturated heterocycles. The SMILES string of the molecule is CC[CH2][Al]([Br])[CH2]C. The van der Waals surface area contributed by atoms with Gasteiger partial charge in [-0.25, -0.2) is 14.1 Å². The normalized spacial score (nSPS) is 9.00. The predicted molar refractivity (Wildman–Crippen MR) is 40.3 cm³/mol. The molecule has 0 aromatic carbocycles. The van der Waals surface area contributed by atoms with Crippen molar-refractivity contribution >= 4 is 26.4 Å². The highest BCUT2D eigenvalue weighted by Crippen LogP contribution is 2.07. The van der Waals surface area contributed by atoms with Crippen LogP contribution in [0.25, 0.3) is 0 Å². The zero-order chi connectivity index (χ0) is 5.70. The first-order chi connectivity index (χ1) is 3.31. The Morgan fingerprint density at radius 1 is 1.43 bits per heavy atom. The van der Waals surface area contributed by atoms with E-state index in [1.165, 1.54) is 17.0 Å². The number of hydrogen-bond acceptors (Lipinski definition) is 0. The van der Waals surface area contributed by atoms with E-state index in [2.05, 4.69) is 27.9 Å². The summed E-state index contributed by atoms with van der Waals surface area (Å²) in [5.41, 5.74) is 0. The molecule has 0 unspecified atom stereocenters. The molecule has 0 aliphatic heterocycles. The fourth-order valence-corrected chi connectivity index (χ4v) is 2.93. The quantitative estimate of drug-likeness (QED) is 0.584. The van der Waals surface area contributed by atoms with Gasteiger partial charge in [-0.1, -0.05) is 30.8 Å². The highest BCUT2D eigenvalue weighted by Gasteiger charge is 2.06. The molecule has 0 radical (unpaired) electrons. The van der Waals surface area contributed by atoms with E-state index in [1.807, 2.05) is 0 Å². The second-order valence-electron chi connectivity index (χ2n) is 1.79. The summed E-state index contributed by atoms with van der Waals surface area (Å²) in [6.45, 7) is 4.51. The summed E-state index contributed by atoms with van der Waals surface area (Å²) in [6, 6.07) is 0. The largest absolute Gasteiger partial charge is 0.365 e. The summed E-state index contributed by atoms with van der Waals surface area (Å²) >= 11 is 3.31. The monoisotopic (exact) mass is 178 g/mol. The summed E-state index contributed by atoms with van der Waals surface area (Å²) in [5, 5.41) is 2.85. The molecule has 0 bridgehead atoms. The Morgan fingerprint density at radius 3 is 2.14 bits per heavy atom. The van der Waals surface area contributed by atoms with Gasteiger partial charge < -0.3 is 0 Å². The number of hydrogen-bond donors (Lipinski definition) is 0. The lowest BCUT2D eigenvalue weighted by atomic mass is 10.6. The van der Waals surface area contributed by atoms with Crippen LogP contribution in [0.15, 0.2) is 0 Å². The van der Waals surface area contributed by atoms with Crippen molar-refractivity contribution in [3.05, 3.63) is 0 Å². The van der Waals surface area contributed by atoms with Gasteiger partial charge in [-0.2, -0.15) is 0 Å². The van der Waals surface area contributed by atoms with E-state index in [0.717, 1.165) is 0 Å². The van der Waals surface area contributed by atoms with Crippen molar-refractivity contribution in [3.63, 3.8) is 0 Å². The molecule has 2 heteroatoms. The van der Waals surface area contributed by atoms with Gasteiger partial charge >= 0.3 is 12.3 Å². The lowest BCUT2D eigenvalue weighted by Crippen LogP contribution is -1.96. The second-order valence-corrected chi connectivity index (χ2v) is 8.27. The molecule has 7 heavy (non-hydrogen) atoms. The van der Waals surface area contributed by atoms with Crippen molar-refractivity contribution in [2.24, 2.45) is 0 Å². The molecule has 0 aromatic heterocycles. The van der Waals surface area contributed by atoms with Gasteiger partial charge in [0.25, 0.3) is 0 Å². The van der Waals surface area contributed by atoms with Gasteiger partial charge in [0.05, 0.1) is 0 Å². The van der Waals surface area contributed by atoms with E-state index in [1.54, 1.807) is 0 Å². The zero-order valence-corrected chi connectivity index (χ0v) is 7.82. The first-order valence-corrected chi connectivity index (χ1v) is 7.77. The van der Waals surface area contributed by atoms with Crippen LogP contribution in [0.3, 0.4) is 0 Å². The molecule has 0 heterocycles. The van der Waals surface area contributed by atoms with Crippen molar-refractivity contribution in [1.82, 2.24) is 0 Å². The van der Waals surface area contributed by atoms with E-state index in [-0.39, 0.29) is 12.3 Å². The van der Waals surface area contributed by atoms with Crippen molar-refractivity contribution in [2.45, 2.75) is 30.8 Å². The van der Waals surface area contributed by atoms with Crippen LogP contribution < -0.4 is 0 Å². The van der Waals surface area contributed by atoms with E-state index in [9.17, 15) is 0 Å². The predicted octanol–water partition coefficient (Wildman–Crippen LogP) is 2.80. The standard InChI is InChI=1S/C3H7.C2H5.Al.BrH/c1-3-2;1-2;;/h1,3H2,2H3;1H2,2H3;;1H/q;;+1;/p-1. The maximum absolute atomic E-state index is 3.68. The van der Waals surface area contributed by atoms with Crippen LogP contribution in [-0.2, 0) is 0 Å². The molecular formula is C5H12AlBr. The minimum Gasteiger partial charge on any atom is -0.217 e. The molecule has 0 amide bonds. The van der Waals surface area contributed by atoms with Gasteiger partial charge in [0, 0.05) is 0 Å². The molecule has 0 atom stereocenters. The van der Waals surface area contributed by atoms with E-state index < -0.39 is 0 Å². The van der Waals surface area contributed by atoms with Crippen molar-refractivity contribution in [2.75, 3.05) is 0 Å². The summed E-state index contributed by atoms with van der Waals surface area (Å²) in [6.07, 6.45) is 1.36. The molecule has 0 spiro atoms. The molecule has 0 fully saturated rings. The third-order valence-electron chi connectivity index (χ3n) is 1.04. The summed E-state index contributed by atoms with van der Waals surface area (Å²) in [4.78, 5) is 0. The van der Waals surface area contributed by atoms with Crippen molar-refractivity contribution in [3.8, 4) is 0 Å². The minimum absolute atomic E-state index is 0.369. The topological polar surface area (TPSA) is 0 Å². The summed E-state index contributed by atoms with van der Waals surface area (Å²) in [7, 11) is 0. The fraction of sp³-hybridized carbons (Fsp3) is 1.00. The van der Waals surface area contributed by atoms with Gasteiger partial charge in [-0.3, -0.25) is 0 Å². The molecule has 0 nitrogen and oxygen atoms in total. The fourth-order valence-electron chi connectivity index (χ4n) is 0.517. The molecule has 0 N–H and O–H groups in total. The maximum atomic E-state index is 3.68. The molecule has 0 aromatic rings. The Morgan fingerprint density at radius 2 is 2.00 bits per heavy atom. The smallest absolute Gasteiger partial charge is 0.217 e. The van der Waals surface area contributed by atoms with Crippen LogP contribution in [0.4, 0.5) is 0 Å². The Kier molecular flexibility index (Phi) is 5.90. The van der Waals surface area contributed by atoms with E-state index >= 15 is 0 Å². The zero-order valence-electron chi connectivity index (χ0n) is 5.08. The van der Waals surface area contributed by atoms with Crippen molar-refractivity contribution in [1.29, 1.82) is 0 Å². The molecule has 42 valence electrons. The van der Waals surface area contributed by atoms with Gasteiger partial charge in [-0.05, 0) is 0 Å². The van der Waals surface area contributed by atoms with Gasteiger partial charge in [0.1, 0.15) is 0 Å². The van der Waals surface area contributed by atoms with Crippen LogP contribution in [0.2, 0.25) is 10.6 Å². The number of rotatable bonds is 3. The van der Waals surface area contributed by atoms with Gasteiger partial charge in [-0.15, -0.1) is 0 Å². The lowest BCUT2D eigenvalue weighted by Gasteiger charge is -1.92. The van der Waals surface area contributed by atoms with E-state index in [4.69, 9.17) is 0 Å². The molecule has 0 aliphatic carbocycles. The first kappa shape index (κ1) is 8.01. The van der Waals surface area contributed by atoms with Crippen LogP contribution in [0.5, 0.6) is 0 Å². The average Bonchev–Trinajstić information content (AvgIpc) is 1.68. The lowest BCUT2D eigenvalue weighted by molar-refractivity contribution is 1.06. The highest BCUT2D eigenvalue weighted by molar-refractivity contribution is 9.24. The van der Waals surface area contributed by atoms with Crippen LogP contribution in [-0.4, -0.2) is 12.3 Å². The average molecular weight is 179 g/mol. The first-order valence-electron chi connectivity index (χ1n) is 2.95. The highest BCUT2D eigenvalue weighted by atomic mass is 79.9. The van der Waals surface area contributed by atoms with Crippen LogP contribution in [0, 0.1) is 0 Å². The van der Waals surface area contributed by atoms with E-state index in [0.29, 0.717) is 0 Å². The third kappa shape index (κ3) is 4.87. The Balaban J connectivity index is 2.83. The Labute approximate surface area is 57.3 Å². The second kappa shape index (κ2) is 5.16. The minimum atomic E-state index is -0.369. The number of halogens is 1.